The first-order chi connectivity index (χ1) is 10.3. The van der Waals surface area contributed by atoms with E-state index in [-0.39, 0.29) is 5.75 Å². The maximum absolute atomic E-state index is 12.3. The topological polar surface area (TPSA) is 21.3 Å². The van der Waals surface area contributed by atoms with Gasteiger partial charge >= 0.3 is 6.61 Å². The van der Waals surface area contributed by atoms with Gasteiger partial charge in [0.05, 0.1) is 5.69 Å². The van der Waals surface area contributed by atoms with Crippen LogP contribution in [0.15, 0.2) is 54.6 Å². The van der Waals surface area contributed by atoms with E-state index in [1.165, 1.54) is 5.56 Å². The summed E-state index contributed by atoms with van der Waals surface area (Å²) >= 11 is 0. The minimum Gasteiger partial charge on any atom is -0.433 e. The van der Waals surface area contributed by atoms with Crippen LogP contribution in [-0.2, 0) is 6.42 Å². The van der Waals surface area contributed by atoms with E-state index in [2.05, 4.69) is 22.2 Å². The second-order valence-electron chi connectivity index (χ2n) is 4.74. The van der Waals surface area contributed by atoms with Crippen molar-refractivity contribution in [3.05, 3.63) is 60.2 Å². The Kier molecular flexibility index (Phi) is 6.00. The van der Waals surface area contributed by atoms with Crippen LogP contribution in [0, 0.1) is 0 Å². The maximum Gasteiger partial charge on any atom is 0.387 e. The SMILES string of the molecule is FC(F)Oc1ccccc1NCCCCc1ccccc1. The van der Waals surface area contributed by atoms with Gasteiger partial charge in [-0.1, -0.05) is 42.5 Å². The van der Waals surface area contributed by atoms with Gasteiger partial charge in [0.15, 0.2) is 0 Å². The first-order valence-corrected chi connectivity index (χ1v) is 7.07. The first-order valence-electron chi connectivity index (χ1n) is 7.07. The molecule has 0 radical (unpaired) electrons. The average molecular weight is 291 g/mol. The number of hydrogen-bond donors (Lipinski definition) is 1. The van der Waals surface area contributed by atoms with E-state index < -0.39 is 6.61 Å². The van der Waals surface area contributed by atoms with Crippen LogP contribution in [0.3, 0.4) is 0 Å². The van der Waals surface area contributed by atoms with Gasteiger partial charge in [-0.15, -0.1) is 0 Å². The van der Waals surface area contributed by atoms with Gasteiger partial charge in [0.25, 0.3) is 0 Å². The summed E-state index contributed by atoms with van der Waals surface area (Å²) in [6.45, 7) is -2.07. The van der Waals surface area contributed by atoms with E-state index in [1.54, 1.807) is 24.3 Å². The lowest BCUT2D eigenvalue weighted by Gasteiger charge is -2.12. The Morgan fingerprint density at radius 1 is 0.905 bits per heavy atom. The predicted octanol–water partition coefficient (Wildman–Crippen LogP) is 4.72. The Hall–Kier alpha value is -2.10. The number of halogens is 2. The molecule has 0 saturated heterocycles. The van der Waals surface area contributed by atoms with Crippen molar-refractivity contribution in [2.75, 3.05) is 11.9 Å². The molecule has 2 aromatic carbocycles. The van der Waals surface area contributed by atoms with Crippen molar-refractivity contribution in [2.24, 2.45) is 0 Å². The highest BCUT2D eigenvalue weighted by Gasteiger charge is 2.08. The molecule has 0 atom stereocenters. The average Bonchev–Trinajstić information content (AvgIpc) is 2.49. The predicted molar refractivity (Wildman–Crippen MR) is 80.9 cm³/mol. The molecule has 0 aliphatic heterocycles. The third-order valence-corrected chi connectivity index (χ3v) is 3.15. The van der Waals surface area contributed by atoms with E-state index in [4.69, 9.17) is 0 Å². The number of para-hydroxylation sites is 2. The fraction of sp³-hybridized carbons (Fsp3) is 0.294. The molecule has 4 heteroatoms. The Bertz CT molecular complexity index is 531. The van der Waals surface area contributed by atoms with Crippen LogP contribution in [0.5, 0.6) is 5.75 Å². The fourth-order valence-electron chi connectivity index (χ4n) is 2.13. The normalized spacial score (nSPS) is 10.6. The second kappa shape index (κ2) is 8.25. The van der Waals surface area contributed by atoms with Crippen LogP contribution >= 0.6 is 0 Å². The number of alkyl halides is 2. The Morgan fingerprint density at radius 2 is 1.62 bits per heavy atom. The van der Waals surface area contributed by atoms with Gasteiger partial charge < -0.3 is 10.1 Å². The molecule has 0 heterocycles. The van der Waals surface area contributed by atoms with Gasteiger partial charge in [-0.25, -0.2) is 0 Å². The molecule has 0 spiro atoms. The number of nitrogens with one attached hydrogen (secondary N) is 1. The number of benzene rings is 2. The number of anilines is 1. The van der Waals surface area contributed by atoms with E-state index in [0.29, 0.717) is 5.69 Å². The summed E-state index contributed by atoms with van der Waals surface area (Å²) < 4.78 is 29.0. The van der Waals surface area contributed by atoms with Crippen molar-refractivity contribution in [1.82, 2.24) is 0 Å². The first kappa shape index (κ1) is 15.3. The van der Waals surface area contributed by atoms with Gasteiger partial charge in [-0.05, 0) is 37.0 Å². The molecule has 2 aromatic rings. The minimum absolute atomic E-state index is 0.190. The van der Waals surface area contributed by atoms with Gasteiger partial charge in [-0.2, -0.15) is 8.78 Å². The lowest BCUT2D eigenvalue weighted by Crippen LogP contribution is -2.07. The van der Waals surface area contributed by atoms with Crippen molar-refractivity contribution in [3.8, 4) is 5.75 Å². The zero-order chi connectivity index (χ0) is 14.9. The number of hydrogen-bond acceptors (Lipinski definition) is 2. The summed E-state index contributed by atoms with van der Waals surface area (Å²) in [5.74, 6) is 0.190. The fourth-order valence-corrected chi connectivity index (χ4v) is 2.13. The standard InChI is InChI=1S/C17H19F2NO/c18-17(19)21-16-12-5-4-11-15(16)20-13-7-6-10-14-8-2-1-3-9-14/h1-5,8-9,11-12,17,20H,6-7,10,13H2. The van der Waals surface area contributed by atoms with Crippen molar-refractivity contribution >= 4 is 5.69 Å². The second-order valence-corrected chi connectivity index (χ2v) is 4.74. The zero-order valence-corrected chi connectivity index (χ0v) is 11.8. The molecule has 0 saturated carbocycles. The lowest BCUT2D eigenvalue weighted by atomic mass is 10.1. The highest BCUT2D eigenvalue weighted by atomic mass is 19.3. The summed E-state index contributed by atoms with van der Waals surface area (Å²) in [6.07, 6.45) is 3.05. The van der Waals surface area contributed by atoms with Crippen LogP contribution in [-0.4, -0.2) is 13.2 Å². The molecule has 112 valence electrons. The van der Waals surface area contributed by atoms with E-state index in [0.717, 1.165) is 25.8 Å². The minimum atomic E-state index is -2.80. The summed E-state index contributed by atoms with van der Waals surface area (Å²) in [6, 6.07) is 17.1. The summed E-state index contributed by atoms with van der Waals surface area (Å²) in [7, 11) is 0. The number of rotatable bonds is 8. The van der Waals surface area contributed by atoms with Crippen molar-refractivity contribution in [3.63, 3.8) is 0 Å². The Balaban J connectivity index is 1.73. The molecular weight excluding hydrogens is 272 g/mol. The van der Waals surface area contributed by atoms with E-state index >= 15 is 0 Å². The molecule has 1 N–H and O–H groups in total. The molecule has 0 aromatic heterocycles. The molecule has 2 nitrogen and oxygen atoms in total. The molecule has 0 aliphatic carbocycles. The maximum atomic E-state index is 12.3. The summed E-state index contributed by atoms with van der Waals surface area (Å²) in [5.41, 5.74) is 1.93. The van der Waals surface area contributed by atoms with Crippen molar-refractivity contribution < 1.29 is 13.5 Å². The van der Waals surface area contributed by atoms with E-state index in [9.17, 15) is 8.78 Å². The molecule has 0 aliphatic rings. The van der Waals surface area contributed by atoms with Gasteiger partial charge in [-0.3, -0.25) is 0 Å². The third-order valence-electron chi connectivity index (χ3n) is 3.15. The van der Waals surface area contributed by atoms with Gasteiger partial charge in [0.2, 0.25) is 0 Å². The molecule has 2 rings (SSSR count). The number of unbranched alkanes of at least 4 members (excludes halogenated alkanes) is 1. The summed E-state index contributed by atoms with van der Waals surface area (Å²) in [4.78, 5) is 0. The molecule has 21 heavy (non-hydrogen) atoms. The molecule has 0 bridgehead atoms. The largest absolute Gasteiger partial charge is 0.433 e. The van der Waals surface area contributed by atoms with Crippen LogP contribution < -0.4 is 10.1 Å². The highest BCUT2D eigenvalue weighted by molar-refractivity contribution is 5.56. The lowest BCUT2D eigenvalue weighted by molar-refractivity contribution is -0.0493. The third kappa shape index (κ3) is 5.42. The molecule has 0 amide bonds. The van der Waals surface area contributed by atoms with Crippen molar-refractivity contribution in [1.29, 1.82) is 0 Å². The van der Waals surface area contributed by atoms with Gasteiger partial charge in [0.1, 0.15) is 5.75 Å². The smallest absolute Gasteiger partial charge is 0.387 e. The van der Waals surface area contributed by atoms with Crippen LogP contribution in [0.4, 0.5) is 14.5 Å². The van der Waals surface area contributed by atoms with Crippen LogP contribution in [0.25, 0.3) is 0 Å². The van der Waals surface area contributed by atoms with E-state index in [1.807, 2.05) is 18.2 Å². The monoisotopic (exact) mass is 291 g/mol. The van der Waals surface area contributed by atoms with Crippen LogP contribution in [0.1, 0.15) is 18.4 Å². The highest BCUT2D eigenvalue weighted by Crippen LogP contribution is 2.25. The molecule has 0 fully saturated rings. The summed E-state index contributed by atoms with van der Waals surface area (Å²) in [5, 5.41) is 3.15. The Labute approximate surface area is 123 Å². The Morgan fingerprint density at radius 3 is 2.38 bits per heavy atom. The molecule has 0 unspecified atom stereocenters. The quantitative estimate of drug-likeness (QED) is 0.710. The number of ether oxygens (including phenoxy) is 1. The zero-order valence-electron chi connectivity index (χ0n) is 11.8. The van der Waals surface area contributed by atoms with Crippen molar-refractivity contribution in [2.45, 2.75) is 25.9 Å². The number of aryl methyl sites for hydroxylation is 1. The van der Waals surface area contributed by atoms with Crippen LogP contribution in [0.2, 0.25) is 0 Å². The molecular formula is C17H19F2NO. The van der Waals surface area contributed by atoms with Gasteiger partial charge in [0, 0.05) is 6.54 Å².